The Morgan fingerprint density at radius 1 is 1.04 bits per heavy atom. The van der Waals surface area contributed by atoms with Crippen LogP contribution in [-0.2, 0) is 11.3 Å². The minimum Gasteiger partial charge on any atom is -0.299 e. The molecule has 0 atom stereocenters. The van der Waals surface area contributed by atoms with Gasteiger partial charge in [-0.2, -0.15) is 0 Å². The predicted molar refractivity (Wildman–Crippen MR) is 106 cm³/mol. The molecule has 0 unspecified atom stereocenters. The number of carbonyl (C=O) groups excluding carboxylic acids is 1. The minimum atomic E-state index is -0.0211. The molecule has 0 bridgehead atoms. The Morgan fingerprint density at radius 3 is 2.63 bits per heavy atom. The van der Waals surface area contributed by atoms with Crippen molar-refractivity contribution in [3.05, 3.63) is 53.2 Å². The van der Waals surface area contributed by atoms with E-state index in [1.807, 2.05) is 37.3 Å². The van der Waals surface area contributed by atoms with Crippen LogP contribution in [-0.4, -0.2) is 27.0 Å². The van der Waals surface area contributed by atoms with Crippen molar-refractivity contribution in [2.45, 2.75) is 39.2 Å². The molecule has 2 aromatic heterocycles. The second kappa shape index (κ2) is 7.31. The van der Waals surface area contributed by atoms with Crippen LogP contribution in [0.2, 0.25) is 0 Å². The summed E-state index contributed by atoms with van der Waals surface area (Å²) in [7, 11) is 0. The lowest BCUT2D eigenvalue weighted by Gasteiger charge is -2.25. The van der Waals surface area contributed by atoms with Gasteiger partial charge < -0.3 is 0 Å². The van der Waals surface area contributed by atoms with Gasteiger partial charge in [-0.25, -0.2) is 9.97 Å². The monoisotopic (exact) mass is 362 g/mol. The van der Waals surface area contributed by atoms with E-state index in [1.165, 1.54) is 0 Å². The molecule has 0 N–H and O–H groups in total. The number of carbonyl (C=O) groups is 1. The van der Waals surface area contributed by atoms with Crippen molar-refractivity contribution < 1.29 is 4.79 Å². The van der Waals surface area contributed by atoms with E-state index < -0.39 is 0 Å². The molecule has 138 valence electrons. The zero-order valence-electron chi connectivity index (χ0n) is 15.4. The summed E-state index contributed by atoms with van der Waals surface area (Å²) in [5.74, 6) is 0.825. The predicted octanol–water partition coefficient (Wildman–Crippen LogP) is 3.39. The highest BCUT2D eigenvalue weighted by Crippen LogP contribution is 2.25. The second-order valence-corrected chi connectivity index (χ2v) is 6.88. The molecule has 3 aromatic rings. The molecule has 0 saturated carbocycles. The van der Waals surface area contributed by atoms with E-state index in [2.05, 4.69) is 9.97 Å². The molecule has 1 aliphatic rings. The number of hydrogen-bond donors (Lipinski definition) is 0. The topological polar surface area (TPSA) is 68.1 Å². The summed E-state index contributed by atoms with van der Waals surface area (Å²) in [6.07, 6.45) is 6.81. The van der Waals surface area contributed by atoms with Crippen LogP contribution in [0, 0.1) is 0 Å². The lowest BCUT2D eigenvalue weighted by atomic mass is 10.1. The molecule has 6 heteroatoms. The molecule has 3 heterocycles. The fourth-order valence-electron chi connectivity index (χ4n) is 3.50. The van der Waals surface area contributed by atoms with Crippen LogP contribution in [0.4, 0.5) is 5.82 Å². The molecular weight excluding hydrogens is 340 g/mol. The maximum atomic E-state index is 12.7. The van der Waals surface area contributed by atoms with Crippen molar-refractivity contribution in [1.29, 1.82) is 0 Å². The number of hydrogen-bond acceptors (Lipinski definition) is 4. The third kappa shape index (κ3) is 3.35. The molecule has 1 amide bonds. The number of aryl methyl sites for hydroxylation is 1. The van der Waals surface area contributed by atoms with Crippen LogP contribution in [0.25, 0.3) is 22.0 Å². The molecule has 4 rings (SSSR count). The minimum absolute atomic E-state index is 0.0211. The molecule has 27 heavy (non-hydrogen) atoms. The fourth-order valence-corrected chi connectivity index (χ4v) is 3.50. The zero-order chi connectivity index (χ0) is 18.8. The van der Waals surface area contributed by atoms with E-state index in [4.69, 9.17) is 0 Å². The van der Waals surface area contributed by atoms with Gasteiger partial charge >= 0.3 is 0 Å². The molecule has 0 spiro atoms. The van der Waals surface area contributed by atoms with Crippen LogP contribution in [0.1, 0.15) is 32.6 Å². The highest BCUT2D eigenvalue weighted by Gasteiger charge is 2.20. The number of anilines is 1. The van der Waals surface area contributed by atoms with E-state index in [0.29, 0.717) is 29.7 Å². The quantitative estimate of drug-likeness (QED) is 0.713. The summed E-state index contributed by atoms with van der Waals surface area (Å²) in [6, 6.07) is 9.51. The Morgan fingerprint density at radius 2 is 1.89 bits per heavy atom. The highest BCUT2D eigenvalue weighted by molar-refractivity contribution is 5.93. The van der Waals surface area contributed by atoms with E-state index in [9.17, 15) is 9.59 Å². The Kier molecular flexibility index (Phi) is 4.71. The molecule has 6 nitrogen and oxygen atoms in total. The number of nitrogens with zero attached hydrogens (tertiary/aromatic N) is 4. The molecule has 1 saturated heterocycles. The van der Waals surface area contributed by atoms with Gasteiger partial charge in [-0.05, 0) is 49.1 Å². The number of aromatic nitrogens is 3. The van der Waals surface area contributed by atoms with Crippen LogP contribution in [0.3, 0.4) is 0 Å². The number of rotatable bonds is 4. The number of fused-ring (bicyclic) bond motifs is 1. The van der Waals surface area contributed by atoms with Crippen LogP contribution in [0.15, 0.2) is 47.7 Å². The number of benzene rings is 1. The molecule has 1 aromatic carbocycles. The summed E-state index contributed by atoms with van der Waals surface area (Å²) < 4.78 is 1.65. The van der Waals surface area contributed by atoms with Crippen molar-refractivity contribution in [3.63, 3.8) is 0 Å². The average Bonchev–Trinajstić information content (AvgIpc) is 2.71. The molecule has 1 fully saturated rings. The first-order valence-corrected chi connectivity index (χ1v) is 9.43. The molecular formula is C21H22N4O2. The van der Waals surface area contributed by atoms with Gasteiger partial charge in [0.1, 0.15) is 5.82 Å². The standard InChI is InChI=1S/C21H22N4O2/c1-2-10-24-14-23-18-8-6-15(12-17(18)21(24)27)16-7-9-19(22-13-16)25-11-4-3-5-20(25)26/h6-9,12-14H,2-5,10-11H2,1H3. The largest absolute Gasteiger partial charge is 0.299 e. The van der Waals surface area contributed by atoms with E-state index in [0.717, 1.165) is 36.9 Å². The maximum absolute atomic E-state index is 12.7. The molecule has 1 aliphatic heterocycles. The van der Waals surface area contributed by atoms with E-state index in [-0.39, 0.29) is 11.5 Å². The van der Waals surface area contributed by atoms with Gasteiger partial charge in [-0.15, -0.1) is 0 Å². The smallest absolute Gasteiger partial charge is 0.261 e. The highest BCUT2D eigenvalue weighted by atomic mass is 16.2. The fraction of sp³-hybridized carbons (Fsp3) is 0.333. The number of amides is 1. The maximum Gasteiger partial charge on any atom is 0.261 e. The Hall–Kier alpha value is -3.02. The van der Waals surface area contributed by atoms with E-state index >= 15 is 0 Å². The first-order chi connectivity index (χ1) is 13.2. The summed E-state index contributed by atoms with van der Waals surface area (Å²) >= 11 is 0. The van der Waals surface area contributed by atoms with Gasteiger partial charge in [0.2, 0.25) is 5.91 Å². The Balaban J connectivity index is 1.68. The summed E-state index contributed by atoms with van der Waals surface area (Å²) in [5.41, 5.74) is 2.50. The second-order valence-electron chi connectivity index (χ2n) is 6.88. The van der Waals surface area contributed by atoms with Gasteiger partial charge in [-0.1, -0.05) is 13.0 Å². The van der Waals surface area contributed by atoms with Crippen molar-refractivity contribution in [2.75, 3.05) is 11.4 Å². The SMILES string of the molecule is CCCn1cnc2ccc(-c3ccc(N4CCCCC4=O)nc3)cc2c1=O. The lowest BCUT2D eigenvalue weighted by molar-refractivity contribution is -0.119. The first kappa shape index (κ1) is 17.4. The lowest BCUT2D eigenvalue weighted by Crippen LogP contribution is -2.35. The normalized spacial score (nSPS) is 14.7. The number of pyridine rings is 1. The van der Waals surface area contributed by atoms with Crippen molar-refractivity contribution in [3.8, 4) is 11.1 Å². The van der Waals surface area contributed by atoms with Crippen molar-refractivity contribution in [1.82, 2.24) is 14.5 Å². The summed E-state index contributed by atoms with van der Waals surface area (Å²) in [4.78, 5) is 35.3. The van der Waals surface area contributed by atoms with Gasteiger partial charge in [0.15, 0.2) is 0 Å². The summed E-state index contributed by atoms with van der Waals surface area (Å²) in [6.45, 7) is 3.42. The van der Waals surface area contributed by atoms with Gasteiger partial charge in [0.25, 0.3) is 5.56 Å². The Bertz CT molecular complexity index is 1040. The van der Waals surface area contributed by atoms with Crippen LogP contribution < -0.4 is 10.5 Å². The Labute approximate surface area is 157 Å². The number of piperidine rings is 1. The first-order valence-electron chi connectivity index (χ1n) is 9.43. The van der Waals surface area contributed by atoms with Crippen molar-refractivity contribution >= 4 is 22.6 Å². The average molecular weight is 362 g/mol. The molecule has 0 aliphatic carbocycles. The summed E-state index contributed by atoms with van der Waals surface area (Å²) in [5, 5.41) is 0.610. The van der Waals surface area contributed by atoms with Gasteiger partial charge in [-0.3, -0.25) is 19.1 Å². The van der Waals surface area contributed by atoms with Crippen molar-refractivity contribution in [2.24, 2.45) is 0 Å². The van der Waals surface area contributed by atoms with Gasteiger partial charge in [0, 0.05) is 31.3 Å². The third-order valence-corrected chi connectivity index (χ3v) is 4.97. The third-order valence-electron chi connectivity index (χ3n) is 4.97. The zero-order valence-corrected chi connectivity index (χ0v) is 15.4. The van der Waals surface area contributed by atoms with Crippen LogP contribution in [0.5, 0.6) is 0 Å². The van der Waals surface area contributed by atoms with Gasteiger partial charge in [0.05, 0.1) is 17.2 Å². The van der Waals surface area contributed by atoms with E-state index in [1.54, 1.807) is 22.0 Å². The van der Waals surface area contributed by atoms with Crippen LogP contribution >= 0.6 is 0 Å². The molecule has 0 radical (unpaired) electrons.